The van der Waals surface area contributed by atoms with Crippen molar-refractivity contribution in [3.05, 3.63) is 29.8 Å². The van der Waals surface area contributed by atoms with Gasteiger partial charge in [0.2, 0.25) is 5.91 Å². The Morgan fingerprint density at radius 3 is 2.64 bits per heavy atom. The number of piperidine rings is 1. The maximum atomic E-state index is 12.2. The number of nitrogens with one attached hydrogen (secondary N) is 1. The van der Waals surface area contributed by atoms with Gasteiger partial charge in [0.25, 0.3) is 5.91 Å². The smallest absolute Gasteiger partial charge is 0.251 e. The maximum Gasteiger partial charge on any atom is 0.251 e. The number of nitrogens with zero attached hydrogens (tertiary/aromatic N) is 1. The van der Waals surface area contributed by atoms with E-state index < -0.39 is 5.38 Å². The highest BCUT2D eigenvalue weighted by Crippen LogP contribution is 2.16. The van der Waals surface area contributed by atoms with Gasteiger partial charge in [-0.25, -0.2) is 0 Å². The molecule has 1 N–H and O–H groups in total. The Bertz CT molecular complexity index is 540. The summed E-state index contributed by atoms with van der Waals surface area (Å²) >= 11 is 5.82. The van der Waals surface area contributed by atoms with E-state index in [0.29, 0.717) is 24.4 Å². The number of hydrogen-bond donors (Lipinski definition) is 1. The molecule has 1 aliphatic rings. The molecule has 1 saturated heterocycles. The number of amides is 2. The Morgan fingerprint density at radius 1 is 1.36 bits per heavy atom. The first kappa shape index (κ1) is 16.6. The van der Waals surface area contributed by atoms with Crippen LogP contribution in [-0.2, 0) is 4.79 Å². The summed E-state index contributed by atoms with van der Waals surface area (Å²) in [7, 11) is 1.57. The normalized spacial score (nSPS) is 17.0. The van der Waals surface area contributed by atoms with Crippen molar-refractivity contribution < 1.29 is 14.3 Å². The van der Waals surface area contributed by atoms with Crippen LogP contribution in [0.4, 0.5) is 0 Å². The van der Waals surface area contributed by atoms with Gasteiger partial charge in [0.05, 0.1) is 7.11 Å². The van der Waals surface area contributed by atoms with Gasteiger partial charge in [-0.1, -0.05) is 6.07 Å². The van der Waals surface area contributed by atoms with Crippen LogP contribution in [0.15, 0.2) is 24.3 Å². The minimum Gasteiger partial charge on any atom is -0.497 e. The van der Waals surface area contributed by atoms with Crippen molar-refractivity contribution in [2.24, 2.45) is 0 Å². The van der Waals surface area contributed by atoms with Gasteiger partial charge < -0.3 is 15.0 Å². The predicted molar refractivity (Wildman–Crippen MR) is 85.4 cm³/mol. The minimum absolute atomic E-state index is 0.0424. The monoisotopic (exact) mass is 324 g/mol. The van der Waals surface area contributed by atoms with E-state index in [2.05, 4.69) is 5.32 Å². The van der Waals surface area contributed by atoms with Crippen molar-refractivity contribution in [2.45, 2.75) is 31.2 Å². The van der Waals surface area contributed by atoms with Crippen molar-refractivity contribution in [1.82, 2.24) is 10.2 Å². The lowest BCUT2D eigenvalue weighted by Crippen LogP contribution is -2.48. The number of alkyl halides is 1. The van der Waals surface area contributed by atoms with E-state index in [-0.39, 0.29) is 17.9 Å². The molecule has 1 fully saturated rings. The van der Waals surface area contributed by atoms with Gasteiger partial charge in [-0.15, -0.1) is 11.6 Å². The summed E-state index contributed by atoms with van der Waals surface area (Å²) in [5.41, 5.74) is 0.576. The molecule has 2 rings (SSSR count). The highest BCUT2D eigenvalue weighted by molar-refractivity contribution is 6.30. The van der Waals surface area contributed by atoms with Crippen LogP contribution in [0, 0.1) is 0 Å². The highest BCUT2D eigenvalue weighted by atomic mass is 35.5. The first-order chi connectivity index (χ1) is 10.5. The van der Waals surface area contributed by atoms with E-state index in [0.717, 1.165) is 12.8 Å². The van der Waals surface area contributed by atoms with Gasteiger partial charge in [0, 0.05) is 24.7 Å². The van der Waals surface area contributed by atoms with Crippen molar-refractivity contribution in [1.29, 1.82) is 0 Å². The van der Waals surface area contributed by atoms with Crippen LogP contribution < -0.4 is 10.1 Å². The molecule has 6 heteroatoms. The number of ether oxygens (including phenoxy) is 1. The molecule has 0 radical (unpaired) electrons. The van der Waals surface area contributed by atoms with Crippen molar-refractivity contribution in [3.63, 3.8) is 0 Å². The minimum atomic E-state index is -0.497. The summed E-state index contributed by atoms with van der Waals surface area (Å²) in [6, 6.07) is 7.13. The highest BCUT2D eigenvalue weighted by Gasteiger charge is 2.26. The number of benzene rings is 1. The molecular formula is C16H21ClN2O3. The van der Waals surface area contributed by atoms with Gasteiger partial charge in [0.15, 0.2) is 0 Å². The lowest BCUT2D eigenvalue weighted by atomic mass is 10.0. The van der Waals surface area contributed by atoms with Crippen LogP contribution in [0.25, 0.3) is 0 Å². The maximum absolute atomic E-state index is 12.2. The fourth-order valence-corrected chi connectivity index (χ4v) is 2.67. The van der Waals surface area contributed by atoms with Gasteiger partial charge in [-0.05, 0) is 38.0 Å². The third kappa shape index (κ3) is 4.13. The molecule has 0 saturated carbocycles. The number of carbonyl (C=O) groups excluding carboxylic acids is 2. The Kier molecular flexibility index (Phi) is 5.66. The fourth-order valence-electron chi connectivity index (χ4n) is 2.53. The first-order valence-corrected chi connectivity index (χ1v) is 7.82. The second-order valence-electron chi connectivity index (χ2n) is 5.42. The molecule has 0 aromatic heterocycles. The van der Waals surface area contributed by atoms with Crippen LogP contribution in [0.2, 0.25) is 0 Å². The molecule has 0 aliphatic carbocycles. The number of carbonyl (C=O) groups is 2. The molecule has 1 aromatic carbocycles. The molecule has 22 heavy (non-hydrogen) atoms. The van der Waals surface area contributed by atoms with Gasteiger partial charge in [-0.2, -0.15) is 0 Å². The topological polar surface area (TPSA) is 58.6 Å². The van der Waals surface area contributed by atoms with E-state index in [4.69, 9.17) is 16.3 Å². The molecule has 0 bridgehead atoms. The summed E-state index contributed by atoms with van der Waals surface area (Å²) < 4.78 is 5.12. The first-order valence-electron chi connectivity index (χ1n) is 7.39. The number of halogens is 1. The van der Waals surface area contributed by atoms with Crippen molar-refractivity contribution >= 4 is 23.4 Å². The molecule has 2 amide bonds. The molecule has 1 aliphatic heterocycles. The molecule has 1 heterocycles. The zero-order valence-corrected chi connectivity index (χ0v) is 13.6. The van der Waals surface area contributed by atoms with Gasteiger partial charge in [0.1, 0.15) is 11.1 Å². The fraction of sp³-hybridized carbons (Fsp3) is 0.500. The Labute approximate surface area is 135 Å². The summed E-state index contributed by atoms with van der Waals surface area (Å²) in [4.78, 5) is 25.8. The van der Waals surface area contributed by atoms with E-state index in [1.54, 1.807) is 43.2 Å². The van der Waals surface area contributed by atoms with Crippen LogP contribution >= 0.6 is 11.6 Å². The molecule has 0 spiro atoms. The molecule has 1 atom stereocenters. The van der Waals surface area contributed by atoms with E-state index in [9.17, 15) is 9.59 Å². The average Bonchev–Trinajstić information content (AvgIpc) is 2.54. The number of rotatable bonds is 4. The SMILES string of the molecule is COc1cccc(C(=O)NC2CCN(C(=O)C(C)Cl)CC2)c1. The number of methoxy groups -OCH3 is 1. The van der Waals surface area contributed by atoms with E-state index in [1.165, 1.54) is 0 Å². The zero-order valence-electron chi connectivity index (χ0n) is 12.8. The predicted octanol–water partition coefficient (Wildman–Crippen LogP) is 2.04. The summed E-state index contributed by atoms with van der Waals surface area (Å²) in [5.74, 6) is 0.498. The van der Waals surface area contributed by atoms with Gasteiger partial charge >= 0.3 is 0 Å². The largest absolute Gasteiger partial charge is 0.497 e. The van der Waals surface area contributed by atoms with E-state index in [1.807, 2.05) is 0 Å². The Hall–Kier alpha value is -1.75. The summed E-state index contributed by atoms with van der Waals surface area (Å²) in [6.45, 7) is 2.93. The molecule has 1 unspecified atom stereocenters. The third-order valence-corrected chi connectivity index (χ3v) is 4.00. The number of hydrogen-bond acceptors (Lipinski definition) is 3. The zero-order chi connectivity index (χ0) is 16.1. The molecule has 5 nitrogen and oxygen atoms in total. The van der Waals surface area contributed by atoms with Crippen LogP contribution in [0.3, 0.4) is 0 Å². The van der Waals surface area contributed by atoms with Crippen LogP contribution in [0.1, 0.15) is 30.1 Å². The second kappa shape index (κ2) is 7.49. The molecular weight excluding hydrogens is 304 g/mol. The average molecular weight is 325 g/mol. The second-order valence-corrected chi connectivity index (χ2v) is 6.08. The Morgan fingerprint density at radius 2 is 2.05 bits per heavy atom. The lowest BCUT2D eigenvalue weighted by molar-refractivity contribution is -0.131. The van der Waals surface area contributed by atoms with Crippen LogP contribution in [0.5, 0.6) is 5.75 Å². The Balaban J connectivity index is 1.87. The van der Waals surface area contributed by atoms with Crippen molar-refractivity contribution in [3.8, 4) is 5.75 Å². The third-order valence-electron chi connectivity index (χ3n) is 3.81. The summed E-state index contributed by atoms with van der Waals surface area (Å²) in [6.07, 6.45) is 1.48. The lowest BCUT2D eigenvalue weighted by Gasteiger charge is -2.33. The summed E-state index contributed by atoms with van der Waals surface area (Å²) in [5, 5.41) is 2.51. The van der Waals surface area contributed by atoms with Crippen molar-refractivity contribution in [2.75, 3.05) is 20.2 Å². The van der Waals surface area contributed by atoms with E-state index >= 15 is 0 Å². The molecule has 1 aromatic rings. The standard InChI is InChI=1S/C16H21ClN2O3/c1-11(17)16(21)19-8-6-13(7-9-19)18-15(20)12-4-3-5-14(10-12)22-2/h3-5,10-11,13H,6-9H2,1-2H3,(H,18,20). The quantitative estimate of drug-likeness (QED) is 0.862. The number of likely N-dealkylation sites (tertiary alicyclic amines) is 1. The molecule has 120 valence electrons. The van der Waals surface area contributed by atoms with Gasteiger partial charge in [-0.3, -0.25) is 9.59 Å². The van der Waals surface area contributed by atoms with Crippen LogP contribution in [-0.4, -0.2) is 48.3 Å².